The maximum Gasteiger partial charge on any atom is 0.261 e. The molecule has 0 spiro atoms. The van der Waals surface area contributed by atoms with Crippen LogP contribution in [0.25, 0.3) is 0 Å². The molecular weight excluding hydrogens is 473 g/mol. The monoisotopic (exact) mass is 497 g/mol. The largest absolute Gasteiger partial charge is 0.486 e. The Labute approximate surface area is 202 Å². The fourth-order valence-corrected chi connectivity index (χ4v) is 5.42. The lowest BCUT2D eigenvalue weighted by Crippen LogP contribution is -2.24. The molecule has 10 heteroatoms. The second-order valence-corrected chi connectivity index (χ2v) is 10.2. The van der Waals surface area contributed by atoms with Crippen LogP contribution in [0, 0.1) is 11.7 Å². The van der Waals surface area contributed by atoms with E-state index < -0.39 is 15.8 Å². The summed E-state index contributed by atoms with van der Waals surface area (Å²) in [6, 6.07) is 10.1. The number of halogens is 1. The third-order valence-electron chi connectivity index (χ3n) is 6.11. The molecule has 0 fully saturated rings. The summed E-state index contributed by atoms with van der Waals surface area (Å²) in [7, 11) is -3.83. The predicted octanol–water partition coefficient (Wildman–Crippen LogP) is 3.68. The lowest BCUT2D eigenvalue weighted by atomic mass is 9.90. The SMILES string of the molecule is CC(=O)N1N=C(C2C=CC(NS(=O)(=O)c3ccc(F)cc3)=CC2)CC1c1ccc2c(c1)OCCO2. The number of fused-ring (bicyclic) bond motifs is 1. The van der Waals surface area contributed by atoms with Gasteiger partial charge in [-0.3, -0.25) is 9.52 Å². The zero-order valence-electron chi connectivity index (χ0n) is 19.0. The Kier molecular flexibility index (Phi) is 6.06. The molecule has 3 aliphatic rings. The van der Waals surface area contributed by atoms with Crippen molar-refractivity contribution in [1.82, 2.24) is 9.73 Å². The lowest BCUT2D eigenvalue weighted by molar-refractivity contribution is -0.130. The Balaban J connectivity index is 1.29. The van der Waals surface area contributed by atoms with Crippen molar-refractivity contribution in [3.8, 4) is 11.5 Å². The number of amides is 1. The molecule has 182 valence electrons. The molecule has 0 aromatic heterocycles. The van der Waals surface area contributed by atoms with Crippen molar-refractivity contribution >= 4 is 21.6 Å². The number of rotatable bonds is 5. The summed E-state index contributed by atoms with van der Waals surface area (Å²) in [5, 5.41) is 6.10. The number of hydrogen-bond donors (Lipinski definition) is 1. The summed E-state index contributed by atoms with van der Waals surface area (Å²) in [5.74, 6) is 0.602. The normalized spacial score (nSPS) is 21.4. The minimum absolute atomic E-state index is 0.0186. The summed E-state index contributed by atoms with van der Waals surface area (Å²) in [5.41, 5.74) is 2.18. The van der Waals surface area contributed by atoms with Gasteiger partial charge in [-0.25, -0.2) is 17.8 Å². The molecule has 2 aromatic rings. The van der Waals surface area contributed by atoms with Gasteiger partial charge >= 0.3 is 0 Å². The van der Waals surface area contributed by atoms with E-state index in [4.69, 9.17) is 9.47 Å². The van der Waals surface area contributed by atoms with E-state index in [0.717, 1.165) is 23.4 Å². The molecule has 0 radical (unpaired) electrons. The highest BCUT2D eigenvalue weighted by molar-refractivity contribution is 7.89. The first-order valence-corrected chi connectivity index (χ1v) is 12.7. The van der Waals surface area contributed by atoms with Crippen LogP contribution in [0.2, 0.25) is 0 Å². The van der Waals surface area contributed by atoms with Crippen molar-refractivity contribution in [2.75, 3.05) is 13.2 Å². The fourth-order valence-electron chi connectivity index (χ4n) is 4.35. The van der Waals surface area contributed by atoms with E-state index in [1.165, 1.54) is 24.1 Å². The van der Waals surface area contributed by atoms with Crippen molar-refractivity contribution in [3.05, 3.63) is 77.8 Å². The van der Waals surface area contributed by atoms with Gasteiger partial charge in [0.25, 0.3) is 10.0 Å². The average Bonchev–Trinajstić information content (AvgIpc) is 3.30. The fraction of sp³-hybridized carbons (Fsp3) is 0.280. The summed E-state index contributed by atoms with van der Waals surface area (Å²) in [6.07, 6.45) is 6.43. The third kappa shape index (κ3) is 4.79. The van der Waals surface area contributed by atoms with Crippen LogP contribution in [0.4, 0.5) is 4.39 Å². The van der Waals surface area contributed by atoms with E-state index in [9.17, 15) is 17.6 Å². The summed E-state index contributed by atoms with van der Waals surface area (Å²) < 4.78 is 52.1. The molecule has 2 aliphatic heterocycles. The predicted molar refractivity (Wildman–Crippen MR) is 127 cm³/mol. The van der Waals surface area contributed by atoms with Crippen LogP contribution in [0.5, 0.6) is 11.5 Å². The Bertz CT molecular complexity index is 1350. The minimum atomic E-state index is -3.83. The summed E-state index contributed by atoms with van der Waals surface area (Å²) >= 11 is 0. The third-order valence-corrected chi connectivity index (χ3v) is 7.51. The van der Waals surface area contributed by atoms with Gasteiger partial charge in [-0.1, -0.05) is 18.2 Å². The van der Waals surface area contributed by atoms with E-state index in [-0.39, 0.29) is 22.8 Å². The molecule has 0 bridgehead atoms. The van der Waals surface area contributed by atoms with Crippen molar-refractivity contribution in [1.29, 1.82) is 0 Å². The number of benzene rings is 2. The molecule has 0 saturated carbocycles. The van der Waals surface area contributed by atoms with Gasteiger partial charge in [0.1, 0.15) is 19.0 Å². The van der Waals surface area contributed by atoms with Crippen LogP contribution in [0.3, 0.4) is 0 Å². The number of carbonyl (C=O) groups excluding carboxylic acids is 1. The first kappa shape index (κ1) is 23.1. The van der Waals surface area contributed by atoms with Gasteiger partial charge in [0.15, 0.2) is 11.5 Å². The Hall–Kier alpha value is -3.66. The second kappa shape index (κ2) is 9.18. The molecule has 1 N–H and O–H groups in total. The number of carbonyl (C=O) groups is 1. The molecule has 2 unspecified atom stereocenters. The number of nitrogens with one attached hydrogen (secondary N) is 1. The highest BCUT2D eigenvalue weighted by Gasteiger charge is 2.34. The Morgan fingerprint density at radius 1 is 1.11 bits per heavy atom. The van der Waals surface area contributed by atoms with Crippen LogP contribution < -0.4 is 14.2 Å². The van der Waals surface area contributed by atoms with Gasteiger partial charge in [0.05, 0.1) is 10.9 Å². The standard InChI is InChI=1S/C25H24FN3O5S/c1-16(30)29-23(18-4-11-24-25(14-18)34-13-12-33-24)15-22(27-29)17-2-7-20(8-3-17)28-35(31,32)21-9-5-19(26)6-10-21/h2,4-11,14,17,23,28H,3,12-13,15H2,1H3. The number of allylic oxidation sites excluding steroid dienone is 3. The van der Waals surface area contributed by atoms with Crippen LogP contribution >= 0.6 is 0 Å². The zero-order chi connectivity index (χ0) is 24.6. The summed E-state index contributed by atoms with van der Waals surface area (Å²) in [4.78, 5) is 12.3. The van der Waals surface area contributed by atoms with E-state index in [1.807, 2.05) is 24.3 Å². The van der Waals surface area contributed by atoms with Gasteiger partial charge in [-0.2, -0.15) is 5.10 Å². The maximum atomic E-state index is 13.1. The van der Waals surface area contributed by atoms with Gasteiger partial charge in [-0.05, 0) is 54.5 Å². The zero-order valence-corrected chi connectivity index (χ0v) is 19.8. The van der Waals surface area contributed by atoms with Crippen LogP contribution in [-0.2, 0) is 14.8 Å². The number of sulfonamides is 1. The Morgan fingerprint density at radius 2 is 1.86 bits per heavy atom. The smallest absolute Gasteiger partial charge is 0.261 e. The highest BCUT2D eigenvalue weighted by Crippen LogP contribution is 2.39. The van der Waals surface area contributed by atoms with Crippen LogP contribution in [0.1, 0.15) is 31.4 Å². The average molecular weight is 498 g/mol. The first-order valence-electron chi connectivity index (χ1n) is 11.2. The van der Waals surface area contributed by atoms with Gasteiger partial charge in [0.2, 0.25) is 5.91 Å². The molecule has 2 atom stereocenters. The van der Waals surface area contributed by atoms with Crippen molar-refractivity contribution < 1.29 is 27.1 Å². The molecule has 5 rings (SSSR count). The van der Waals surface area contributed by atoms with E-state index in [2.05, 4.69) is 9.82 Å². The van der Waals surface area contributed by atoms with Gasteiger partial charge in [-0.15, -0.1) is 0 Å². The number of hydrazone groups is 1. The highest BCUT2D eigenvalue weighted by atomic mass is 32.2. The topological polar surface area (TPSA) is 97.3 Å². The molecule has 1 amide bonds. The molecule has 2 aromatic carbocycles. The van der Waals surface area contributed by atoms with Crippen molar-refractivity contribution in [3.63, 3.8) is 0 Å². The van der Waals surface area contributed by atoms with Crippen molar-refractivity contribution in [2.24, 2.45) is 11.0 Å². The lowest BCUT2D eigenvalue weighted by Gasteiger charge is -2.23. The number of nitrogens with zero attached hydrogens (tertiary/aromatic N) is 2. The number of ether oxygens (including phenoxy) is 2. The molecule has 1 aliphatic carbocycles. The van der Waals surface area contributed by atoms with Crippen LogP contribution in [0.15, 0.2) is 76.4 Å². The maximum absolute atomic E-state index is 13.1. The molecule has 0 saturated heterocycles. The summed E-state index contributed by atoms with van der Waals surface area (Å²) in [6.45, 7) is 2.47. The molecular formula is C25H24FN3O5S. The molecule has 8 nitrogen and oxygen atoms in total. The number of hydrogen-bond acceptors (Lipinski definition) is 6. The Morgan fingerprint density at radius 3 is 2.54 bits per heavy atom. The van der Waals surface area contributed by atoms with Gasteiger partial charge in [0, 0.05) is 30.7 Å². The molecule has 2 heterocycles. The quantitative estimate of drug-likeness (QED) is 0.680. The first-order chi connectivity index (χ1) is 16.8. The van der Waals surface area contributed by atoms with E-state index in [0.29, 0.717) is 43.3 Å². The minimum Gasteiger partial charge on any atom is -0.486 e. The van der Waals surface area contributed by atoms with E-state index in [1.54, 1.807) is 12.2 Å². The second-order valence-electron chi connectivity index (χ2n) is 8.50. The van der Waals surface area contributed by atoms with E-state index >= 15 is 0 Å². The van der Waals surface area contributed by atoms with Crippen LogP contribution in [-0.4, -0.2) is 38.3 Å². The van der Waals surface area contributed by atoms with Crippen molar-refractivity contribution in [2.45, 2.75) is 30.7 Å². The van der Waals surface area contributed by atoms with Gasteiger partial charge < -0.3 is 9.47 Å². The molecule has 35 heavy (non-hydrogen) atoms.